The molecule has 2 aromatic rings. The summed E-state index contributed by atoms with van der Waals surface area (Å²) < 4.78 is 42.9. The molecule has 0 unspecified atom stereocenters. The number of nitrogens with one attached hydrogen (secondary N) is 1. The second kappa shape index (κ2) is 11.5. The fourth-order valence-electron chi connectivity index (χ4n) is 5.77. The summed E-state index contributed by atoms with van der Waals surface area (Å²) in [6, 6.07) is 16.0. The highest BCUT2D eigenvalue weighted by molar-refractivity contribution is 5.94. The molecule has 0 heterocycles. The Kier molecular flexibility index (Phi) is 8.77. The predicted octanol–water partition coefficient (Wildman–Crippen LogP) is 7.10. The Morgan fingerprint density at radius 2 is 1.53 bits per heavy atom. The molecule has 0 spiro atoms. The Hall–Kier alpha value is -3.52. The van der Waals surface area contributed by atoms with Gasteiger partial charge in [0.15, 0.2) is 0 Å². The van der Waals surface area contributed by atoms with Crippen LogP contribution in [0.2, 0.25) is 0 Å². The van der Waals surface area contributed by atoms with Gasteiger partial charge < -0.3 is 10.1 Å². The summed E-state index contributed by atoms with van der Waals surface area (Å²) in [7, 11) is 0. The van der Waals surface area contributed by atoms with E-state index in [0.717, 1.165) is 24.8 Å². The van der Waals surface area contributed by atoms with Crippen molar-refractivity contribution in [2.24, 2.45) is 10.8 Å². The monoisotopic (exact) mass is 525 g/mol. The zero-order valence-electron chi connectivity index (χ0n) is 22.3. The molecule has 202 valence electrons. The van der Waals surface area contributed by atoms with Crippen molar-refractivity contribution in [1.29, 1.82) is 10.5 Å². The molecule has 1 amide bonds. The molecule has 1 fully saturated rings. The minimum atomic E-state index is -4.08. The van der Waals surface area contributed by atoms with Gasteiger partial charge in [-0.15, -0.1) is 0 Å². The lowest BCUT2D eigenvalue weighted by atomic mass is 9.49. The molecule has 0 aromatic heterocycles. The second-order valence-corrected chi connectivity index (χ2v) is 11.2. The number of aryl methyl sites for hydroxylation is 1. The number of nitrogens with zero attached hydrogens (tertiary/aromatic N) is 2. The van der Waals surface area contributed by atoms with Crippen molar-refractivity contribution in [3.05, 3.63) is 64.7 Å². The summed E-state index contributed by atoms with van der Waals surface area (Å²) in [5.41, 5.74) is 1.35. The van der Waals surface area contributed by atoms with E-state index in [1.165, 1.54) is 0 Å². The van der Waals surface area contributed by atoms with Crippen molar-refractivity contribution in [1.82, 2.24) is 5.32 Å². The Morgan fingerprint density at radius 1 is 0.921 bits per heavy atom. The number of hydrogen-bond acceptors (Lipinski definition) is 4. The maximum absolute atomic E-state index is 13.1. The number of unbranched alkanes of at least 4 members (excludes halogenated alkanes) is 3. The quantitative estimate of drug-likeness (QED) is 0.335. The number of benzene rings is 2. The van der Waals surface area contributed by atoms with Crippen LogP contribution in [0.25, 0.3) is 0 Å². The topological polar surface area (TPSA) is 85.9 Å². The number of carbonyl (C=O) groups excluding carboxylic acids is 1. The van der Waals surface area contributed by atoms with Crippen molar-refractivity contribution < 1.29 is 22.7 Å². The number of rotatable bonds is 10. The van der Waals surface area contributed by atoms with Gasteiger partial charge in [0.25, 0.3) is 5.91 Å². The third kappa shape index (κ3) is 6.67. The Labute approximate surface area is 222 Å². The smallest absolute Gasteiger partial charge is 0.389 e. The maximum Gasteiger partial charge on any atom is 0.389 e. The largest absolute Gasteiger partial charge is 0.489 e. The number of alkyl halides is 3. The van der Waals surface area contributed by atoms with Gasteiger partial charge in [0.2, 0.25) is 0 Å². The maximum atomic E-state index is 13.1. The Bertz CT molecular complexity index is 1210. The average Bonchev–Trinajstić information content (AvgIpc) is 2.86. The zero-order valence-corrected chi connectivity index (χ0v) is 22.3. The number of carbonyl (C=O) groups is 1. The molecule has 38 heavy (non-hydrogen) atoms. The standard InChI is InChI=1S/C30H34F3N3O2/c1-28(2)26(29(3,4)27(28)38-24-15-14-22(18-34)23(17-24)19-35)36-25(37)21-12-10-20(11-13-21)9-7-5-6-8-16-30(31,32)33/h10-15,17,26-27H,5-9,16H2,1-4H3,(H,36,37). The molecule has 0 bridgehead atoms. The number of amides is 1. The van der Waals surface area contributed by atoms with Crippen LogP contribution in [0.5, 0.6) is 5.75 Å². The first-order chi connectivity index (χ1) is 17.8. The van der Waals surface area contributed by atoms with Crippen LogP contribution in [0.1, 0.15) is 86.8 Å². The lowest BCUT2D eigenvalue weighted by Gasteiger charge is -2.63. The summed E-state index contributed by atoms with van der Waals surface area (Å²) in [5.74, 6) is 0.325. The Balaban J connectivity index is 1.55. The predicted molar refractivity (Wildman–Crippen MR) is 138 cm³/mol. The van der Waals surface area contributed by atoms with Crippen LogP contribution in [0.3, 0.4) is 0 Å². The van der Waals surface area contributed by atoms with E-state index in [-0.39, 0.29) is 30.0 Å². The van der Waals surface area contributed by atoms with Crippen LogP contribution in [0.4, 0.5) is 13.2 Å². The summed E-state index contributed by atoms with van der Waals surface area (Å²) in [6.45, 7) is 8.11. The van der Waals surface area contributed by atoms with Gasteiger partial charge in [0, 0.05) is 28.9 Å². The van der Waals surface area contributed by atoms with Crippen LogP contribution < -0.4 is 10.1 Å². The van der Waals surface area contributed by atoms with E-state index >= 15 is 0 Å². The van der Waals surface area contributed by atoms with Crippen LogP contribution in [0, 0.1) is 33.5 Å². The van der Waals surface area contributed by atoms with Gasteiger partial charge in [-0.2, -0.15) is 23.7 Å². The molecule has 1 N–H and O–H groups in total. The van der Waals surface area contributed by atoms with Crippen LogP contribution in [0.15, 0.2) is 42.5 Å². The summed E-state index contributed by atoms with van der Waals surface area (Å²) >= 11 is 0. The third-order valence-corrected chi connectivity index (χ3v) is 7.49. The molecule has 0 atom stereocenters. The summed E-state index contributed by atoms with van der Waals surface area (Å²) in [5, 5.41) is 21.6. The lowest BCUT2D eigenvalue weighted by molar-refractivity contribution is -0.164. The SMILES string of the molecule is CC1(C)C(NC(=O)c2ccc(CCCCCCC(F)(F)F)cc2)C(C)(C)C1Oc1ccc(C#N)c(C#N)c1. The molecule has 1 saturated carbocycles. The van der Waals surface area contributed by atoms with Gasteiger partial charge >= 0.3 is 6.18 Å². The lowest BCUT2D eigenvalue weighted by Crippen LogP contribution is -2.74. The van der Waals surface area contributed by atoms with Crippen LogP contribution in [-0.4, -0.2) is 24.2 Å². The average molecular weight is 526 g/mol. The van der Waals surface area contributed by atoms with Crippen molar-refractivity contribution in [2.75, 3.05) is 0 Å². The second-order valence-electron chi connectivity index (χ2n) is 11.2. The molecule has 0 radical (unpaired) electrons. The van der Waals surface area contributed by atoms with Gasteiger partial charge in [-0.1, -0.05) is 52.7 Å². The van der Waals surface area contributed by atoms with Gasteiger partial charge in [-0.05, 0) is 55.2 Å². The molecule has 5 nitrogen and oxygen atoms in total. The van der Waals surface area contributed by atoms with Crippen molar-refractivity contribution in [2.45, 2.75) is 84.5 Å². The van der Waals surface area contributed by atoms with E-state index in [4.69, 9.17) is 10.00 Å². The fourth-order valence-corrected chi connectivity index (χ4v) is 5.77. The minimum Gasteiger partial charge on any atom is -0.489 e. The van der Waals surface area contributed by atoms with Crippen LogP contribution >= 0.6 is 0 Å². The molecule has 8 heteroatoms. The molecular weight excluding hydrogens is 491 g/mol. The van der Waals surface area contributed by atoms with Gasteiger partial charge in [-0.3, -0.25) is 4.79 Å². The van der Waals surface area contributed by atoms with E-state index < -0.39 is 23.4 Å². The van der Waals surface area contributed by atoms with Gasteiger partial charge in [0.1, 0.15) is 24.0 Å². The number of ether oxygens (including phenoxy) is 1. The highest BCUT2D eigenvalue weighted by Gasteiger charge is 2.64. The van der Waals surface area contributed by atoms with Gasteiger partial charge in [0.05, 0.1) is 11.1 Å². The molecule has 3 rings (SSSR count). The number of nitriles is 2. The van der Waals surface area contributed by atoms with E-state index in [1.807, 2.05) is 52.0 Å². The number of hydrogen-bond donors (Lipinski definition) is 1. The summed E-state index contributed by atoms with van der Waals surface area (Å²) in [4.78, 5) is 13.1. The molecular formula is C30H34F3N3O2. The highest BCUT2D eigenvalue weighted by atomic mass is 19.4. The Morgan fingerprint density at radius 3 is 2.11 bits per heavy atom. The van der Waals surface area contributed by atoms with E-state index in [1.54, 1.807) is 30.3 Å². The van der Waals surface area contributed by atoms with Crippen molar-refractivity contribution >= 4 is 5.91 Å². The van der Waals surface area contributed by atoms with E-state index in [9.17, 15) is 23.2 Å². The normalized spacial score (nSPS) is 19.5. The van der Waals surface area contributed by atoms with E-state index in [0.29, 0.717) is 23.3 Å². The first kappa shape index (κ1) is 29.0. The number of halogens is 3. The highest BCUT2D eigenvalue weighted by Crippen LogP contribution is 2.55. The molecule has 0 saturated heterocycles. The molecule has 1 aliphatic carbocycles. The molecule has 1 aliphatic rings. The van der Waals surface area contributed by atoms with E-state index in [2.05, 4.69) is 5.32 Å². The zero-order chi connectivity index (χ0) is 28.1. The first-order valence-electron chi connectivity index (χ1n) is 12.9. The van der Waals surface area contributed by atoms with Crippen LogP contribution in [-0.2, 0) is 6.42 Å². The third-order valence-electron chi connectivity index (χ3n) is 7.49. The summed E-state index contributed by atoms with van der Waals surface area (Å²) in [6.07, 6.45) is -2.01. The van der Waals surface area contributed by atoms with Crippen molar-refractivity contribution in [3.8, 4) is 17.9 Å². The van der Waals surface area contributed by atoms with Gasteiger partial charge in [-0.25, -0.2) is 0 Å². The minimum absolute atomic E-state index is 0.163. The fraction of sp³-hybridized carbons (Fsp3) is 0.500. The first-order valence-corrected chi connectivity index (χ1v) is 12.9. The molecule has 2 aromatic carbocycles. The van der Waals surface area contributed by atoms with Crippen molar-refractivity contribution in [3.63, 3.8) is 0 Å². The molecule has 0 aliphatic heterocycles.